The summed E-state index contributed by atoms with van der Waals surface area (Å²) in [5.74, 6) is 1.13. The second-order valence-electron chi connectivity index (χ2n) is 6.79. The van der Waals surface area contributed by atoms with Crippen LogP contribution < -0.4 is 10.1 Å². The number of halogens is 2. The molecule has 1 fully saturated rings. The summed E-state index contributed by atoms with van der Waals surface area (Å²) in [6.45, 7) is 13.2. The van der Waals surface area contributed by atoms with E-state index in [2.05, 4.69) is 50.0 Å². The first-order valence-corrected chi connectivity index (χ1v) is 7.72. The van der Waals surface area contributed by atoms with Crippen LogP contribution in [-0.4, -0.2) is 36.7 Å². The topological polar surface area (TPSA) is 24.5 Å². The largest absolute Gasteiger partial charge is 0.487 e. The molecule has 1 atom stereocenters. The van der Waals surface area contributed by atoms with Crippen molar-refractivity contribution >= 4 is 24.8 Å². The molecule has 5 heteroatoms. The van der Waals surface area contributed by atoms with Crippen molar-refractivity contribution in [3.8, 4) is 5.75 Å². The molecule has 0 radical (unpaired) electrons. The monoisotopic (exact) mass is 346 g/mol. The number of aryl methyl sites for hydroxylation is 1. The van der Waals surface area contributed by atoms with E-state index in [1.54, 1.807) is 0 Å². The Morgan fingerprint density at radius 3 is 2.41 bits per heavy atom. The molecule has 2 heterocycles. The van der Waals surface area contributed by atoms with Crippen molar-refractivity contribution in [2.24, 2.45) is 0 Å². The van der Waals surface area contributed by atoms with Crippen LogP contribution in [0, 0.1) is 13.8 Å². The molecule has 0 saturated carbocycles. The number of ether oxygens (including phenoxy) is 1. The van der Waals surface area contributed by atoms with Gasteiger partial charge in [0.15, 0.2) is 0 Å². The van der Waals surface area contributed by atoms with Gasteiger partial charge in [-0.3, -0.25) is 4.90 Å². The number of nitrogens with zero attached hydrogens (tertiary/aromatic N) is 1. The van der Waals surface area contributed by atoms with Gasteiger partial charge in [-0.1, -0.05) is 12.1 Å². The highest BCUT2D eigenvalue weighted by Gasteiger charge is 2.37. The lowest BCUT2D eigenvalue weighted by atomic mass is 9.86. The van der Waals surface area contributed by atoms with E-state index in [-0.39, 0.29) is 30.4 Å². The Labute approximate surface area is 146 Å². The molecular weight excluding hydrogens is 319 g/mol. The molecule has 1 N–H and O–H groups in total. The molecule has 3 rings (SSSR count). The predicted molar refractivity (Wildman–Crippen MR) is 96.9 cm³/mol. The van der Waals surface area contributed by atoms with E-state index in [0.29, 0.717) is 6.04 Å². The zero-order valence-corrected chi connectivity index (χ0v) is 15.6. The number of rotatable bonds is 1. The highest BCUT2D eigenvalue weighted by atomic mass is 35.5. The van der Waals surface area contributed by atoms with Crippen molar-refractivity contribution in [3.63, 3.8) is 0 Å². The van der Waals surface area contributed by atoms with E-state index in [9.17, 15) is 0 Å². The number of hydrogen-bond acceptors (Lipinski definition) is 3. The van der Waals surface area contributed by atoms with Crippen molar-refractivity contribution in [1.82, 2.24) is 10.2 Å². The van der Waals surface area contributed by atoms with Gasteiger partial charge in [0.25, 0.3) is 0 Å². The highest BCUT2D eigenvalue weighted by molar-refractivity contribution is 5.85. The molecule has 0 bridgehead atoms. The van der Waals surface area contributed by atoms with Crippen LogP contribution in [0.3, 0.4) is 0 Å². The van der Waals surface area contributed by atoms with E-state index in [0.717, 1.165) is 38.3 Å². The minimum atomic E-state index is -0.0822. The summed E-state index contributed by atoms with van der Waals surface area (Å²) in [4.78, 5) is 2.62. The lowest BCUT2D eigenvalue weighted by Gasteiger charge is -2.44. The van der Waals surface area contributed by atoms with Gasteiger partial charge in [0.2, 0.25) is 0 Å². The molecule has 1 aromatic rings. The minimum absolute atomic E-state index is 0. The number of benzene rings is 1. The lowest BCUT2D eigenvalue weighted by Crippen LogP contribution is -2.49. The first-order chi connectivity index (χ1) is 9.48. The Morgan fingerprint density at radius 2 is 1.77 bits per heavy atom. The van der Waals surface area contributed by atoms with Gasteiger partial charge in [0, 0.05) is 44.2 Å². The molecular formula is C17H28Cl2N2O. The third-order valence-corrected chi connectivity index (χ3v) is 4.72. The second kappa shape index (κ2) is 7.39. The summed E-state index contributed by atoms with van der Waals surface area (Å²) in [6, 6.07) is 5.01. The van der Waals surface area contributed by atoms with E-state index in [1.165, 1.54) is 16.7 Å². The molecule has 0 aliphatic carbocycles. The fourth-order valence-corrected chi connectivity index (χ4v) is 3.42. The fraction of sp³-hybridized carbons (Fsp3) is 0.647. The van der Waals surface area contributed by atoms with E-state index < -0.39 is 0 Å². The molecule has 3 nitrogen and oxygen atoms in total. The van der Waals surface area contributed by atoms with Crippen molar-refractivity contribution < 1.29 is 4.74 Å². The van der Waals surface area contributed by atoms with Gasteiger partial charge in [-0.15, -0.1) is 24.8 Å². The Hall–Kier alpha value is -0.480. The number of fused-ring (bicyclic) bond motifs is 1. The van der Waals surface area contributed by atoms with Crippen molar-refractivity contribution in [2.45, 2.75) is 45.8 Å². The van der Waals surface area contributed by atoms with Gasteiger partial charge in [-0.05, 0) is 38.8 Å². The van der Waals surface area contributed by atoms with Crippen LogP contribution in [-0.2, 0) is 0 Å². The molecule has 0 aromatic heterocycles. The molecule has 0 spiro atoms. The molecule has 1 saturated heterocycles. The Bertz CT molecular complexity index is 514. The van der Waals surface area contributed by atoms with Crippen LogP contribution in [0.1, 0.15) is 43.0 Å². The molecule has 2 aliphatic rings. The maximum Gasteiger partial charge on any atom is 0.128 e. The van der Waals surface area contributed by atoms with Gasteiger partial charge in [0.1, 0.15) is 11.4 Å². The van der Waals surface area contributed by atoms with Crippen molar-refractivity contribution in [3.05, 3.63) is 28.8 Å². The van der Waals surface area contributed by atoms with Crippen LogP contribution in [0.2, 0.25) is 0 Å². The smallest absolute Gasteiger partial charge is 0.128 e. The van der Waals surface area contributed by atoms with Crippen LogP contribution in [0.15, 0.2) is 12.1 Å². The van der Waals surface area contributed by atoms with E-state index >= 15 is 0 Å². The summed E-state index contributed by atoms with van der Waals surface area (Å²) < 4.78 is 6.31. The standard InChI is InChI=1S/C17H26N2O.2ClH/c1-12-5-6-14-15(19-9-7-18-8-10-19)11-17(3,4)20-16(14)13(12)2;;/h5-6,15,18H,7-11H2,1-4H3;2*1H. The third kappa shape index (κ3) is 3.70. The maximum atomic E-state index is 6.31. The Balaban J connectivity index is 0.00000121. The van der Waals surface area contributed by atoms with Gasteiger partial charge in [-0.25, -0.2) is 0 Å². The Morgan fingerprint density at radius 1 is 1.14 bits per heavy atom. The summed E-state index contributed by atoms with van der Waals surface area (Å²) in [5, 5.41) is 3.45. The lowest BCUT2D eigenvalue weighted by molar-refractivity contribution is 0.0252. The number of hydrogen-bond donors (Lipinski definition) is 1. The molecule has 2 aliphatic heterocycles. The zero-order chi connectivity index (χ0) is 14.3. The molecule has 126 valence electrons. The quantitative estimate of drug-likeness (QED) is 0.839. The first kappa shape index (κ1) is 19.6. The summed E-state index contributed by atoms with van der Waals surface area (Å²) >= 11 is 0. The SMILES string of the molecule is Cc1ccc2c(c1C)OC(C)(C)CC2N1CCNCC1.Cl.Cl. The summed E-state index contributed by atoms with van der Waals surface area (Å²) in [6.07, 6.45) is 1.07. The number of nitrogens with one attached hydrogen (secondary N) is 1. The van der Waals surface area contributed by atoms with Crippen molar-refractivity contribution in [2.75, 3.05) is 26.2 Å². The van der Waals surface area contributed by atoms with Crippen LogP contribution in [0.5, 0.6) is 5.75 Å². The normalized spacial score (nSPS) is 23.5. The van der Waals surface area contributed by atoms with Crippen molar-refractivity contribution in [1.29, 1.82) is 0 Å². The highest BCUT2D eigenvalue weighted by Crippen LogP contribution is 2.44. The summed E-state index contributed by atoms with van der Waals surface area (Å²) in [5.41, 5.74) is 3.92. The van der Waals surface area contributed by atoms with Crippen LogP contribution >= 0.6 is 24.8 Å². The van der Waals surface area contributed by atoms with Crippen LogP contribution in [0.4, 0.5) is 0 Å². The van der Waals surface area contributed by atoms with Gasteiger partial charge < -0.3 is 10.1 Å². The fourth-order valence-electron chi connectivity index (χ4n) is 3.42. The zero-order valence-electron chi connectivity index (χ0n) is 13.9. The van der Waals surface area contributed by atoms with E-state index in [1.807, 2.05) is 0 Å². The minimum Gasteiger partial charge on any atom is -0.487 e. The third-order valence-electron chi connectivity index (χ3n) is 4.72. The number of piperazine rings is 1. The molecule has 22 heavy (non-hydrogen) atoms. The molecule has 1 aromatic carbocycles. The average molecular weight is 347 g/mol. The Kier molecular flexibility index (Phi) is 6.58. The van der Waals surface area contributed by atoms with Gasteiger partial charge in [0.05, 0.1) is 0 Å². The van der Waals surface area contributed by atoms with Gasteiger partial charge >= 0.3 is 0 Å². The molecule has 0 amide bonds. The first-order valence-electron chi connectivity index (χ1n) is 7.72. The molecule has 1 unspecified atom stereocenters. The predicted octanol–water partition coefficient (Wildman–Crippen LogP) is 3.65. The van der Waals surface area contributed by atoms with E-state index in [4.69, 9.17) is 4.74 Å². The second-order valence-corrected chi connectivity index (χ2v) is 6.79. The summed E-state index contributed by atoms with van der Waals surface area (Å²) in [7, 11) is 0. The van der Waals surface area contributed by atoms with Crippen LogP contribution in [0.25, 0.3) is 0 Å². The van der Waals surface area contributed by atoms with Gasteiger partial charge in [-0.2, -0.15) is 0 Å². The average Bonchev–Trinajstić information content (AvgIpc) is 2.43. The maximum absolute atomic E-state index is 6.31.